The van der Waals surface area contributed by atoms with Crippen molar-refractivity contribution in [3.05, 3.63) is 41.5 Å². The van der Waals surface area contributed by atoms with Gasteiger partial charge in [-0.2, -0.15) is 0 Å². The molecule has 0 saturated carbocycles. The quantitative estimate of drug-likeness (QED) is 0.829. The van der Waals surface area contributed by atoms with E-state index in [9.17, 15) is 4.79 Å². The van der Waals surface area contributed by atoms with Gasteiger partial charge in [0.1, 0.15) is 0 Å². The van der Waals surface area contributed by atoms with Gasteiger partial charge in [-0.25, -0.2) is 0 Å². The Morgan fingerprint density at radius 3 is 2.36 bits per heavy atom. The predicted molar refractivity (Wildman–Crippen MR) is 95.4 cm³/mol. The molecule has 0 aromatic heterocycles. The molecule has 2 rings (SSSR count). The van der Waals surface area contributed by atoms with Crippen molar-refractivity contribution >= 4 is 24.4 Å². The Balaban J connectivity index is 0.00000242. The molecule has 0 radical (unpaired) electrons. The van der Waals surface area contributed by atoms with Crippen LogP contribution < -0.4 is 0 Å². The van der Waals surface area contributed by atoms with E-state index in [0.717, 1.165) is 39.1 Å². The van der Waals surface area contributed by atoms with Crippen LogP contribution >= 0.6 is 12.4 Å². The Hall–Kier alpha value is -1.32. The minimum atomic E-state index is 0. The van der Waals surface area contributed by atoms with Gasteiger partial charge in [-0.05, 0) is 18.9 Å². The number of carbonyl (C=O) groups is 1. The zero-order valence-corrected chi connectivity index (χ0v) is 14.4. The Labute approximate surface area is 140 Å². The van der Waals surface area contributed by atoms with Crippen LogP contribution in [-0.4, -0.2) is 48.4 Å². The summed E-state index contributed by atoms with van der Waals surface area (Å²) in [5, 5.41) is 0. The van der Waals surface area contributed by atoms with E-state index < -0.39 is 0 Å². The van der Waals surface area contributed by atoms with Gasteiger partial charge in [-0.15, -0.1) is 12.4 Å². The summed E-state index contributed by atoms with van der Waals surface area (Å²) in [5.41, 5.74) is 2.54. The van der Waals surface area contributed by atoms with Gasteiger partial charge in [0.15, 0.2) is 0 Å². The molecular weight excluding hydrogens is 296 g/mol. The van der Waals surface area contributed by atoms with E-state index in [-0.39, 0.29) is 12.4 Å². The number of amides is 1. The topological polar surface area (TPSA) is 23.6 Å². The number of hydrogen-bond donors (Lipinski definition) is 0. The van der Waals surface area contributed by atoms with Crippen molar-refractivity contribution in [2.75, 3.05) is 32.7 Å². The average molecular weight is 323 g/mol. The second kappa shape index (κ2) is 9.65. The van der Waals surface area contributed by atoms with Crippen molar-refractivity contribution in [3.63, 3.8) is 0 Å². The van der Waals surface area contributed by atoms with E-state index in [1.807, 2.05) is 4.90 Å². The lowest BCUT2D eigenvalue weighted by molar-refractivity contribution is -0.132. The number of halogens is 1. The number of aryl methyl sites for hydroxylation is 1. The largest absolute Gasteiger partial charge is 0.340 e. The summed E-state index contributed by atoms with van der Waals surface area (Å²) in [7, 11) is 0. The van der Waals surface area contributed by atoms with E-state index in [1.165, 1.54) is 11.1 Å². The fourth-order valence-corrected chi connectivity index (χ4v) is 2.57. The molecule has 1 aromatic rings. The Morgan fingerprint density at radius 1 is 1.14 bits per heavy atom. The summed E-state index contributed by atoms with van der Waals surface area (Å²) >= 11 is 0. The first-order chi connectivity index (χ1) is 10.2. The fourth-order valence-electron chi connectivity index (χ4n) is 2.57. The third-order valence-corrected chi connectivity index (χ3v) is 3.94. The first-order valence-electron chi connectivity index (χ1n) is 7.92. The van der Waals surface area contributed by atoms with Crippen LogP contribution in [0.5, 0.6) is 0 Å². The highest BCUT2D eigenvalue weighted by atomic mass is 35.5. The minimum absolute atomic E-state index is 0. The molecule has 0 N–H and O–H groups in total. The molecule has 1 aliphatic heterocycles. The molecule has 1 heterocycles. The first-order valence-corrected chi connectivity index (χ1v) is 7.92. The number of hydrogen-bond acceptors (Lipinski definition) is 2. The maximum atomic E-state index is 11.8. The van der Waals surface area contributed by atoms with Crippen LogP contribution in [0.3, 0.4) is 0 Å². The van der Waals surface area contributed by atoms with Crippen molar-refractivity contribution in [3.8, 4) is 0 Å². The number of carbonyl (C=O) groups excluding carboxylic acids is 1. The second-order valence-electron chi connectivity index (χ2n) is 5.74. The van der Waals surface area contributed by atoms with Gasteiger partial charge in [0.2, 0.25) is 5.91 Å². The smallest absolute Gasteiger partial charge is 0.222 e. The van der Waals surface area contributed by atoms with E-state index in [0.29, 0.717) is 12.3 Å². The van der Waals surface area contributed by atoms with E-state index >= 15 is 0 Å². The highest BCUT2D eigenvalue weighted by molar-refractivity contribution is 5.85. The summed E-state index contributed by atoms with van der Waals surface area (Å²) < 4.78 is 0. The van der Waals surface area contributed by atoms with E-state index in [4.69, 9.17) is 0 Å². The van der Waals surface area contributed by atoms with Crippen LogP contribution in [0.2, 0.25) is 0 Å². The van der Waals surface area contributed by atoms with Crippen LogP contribution in [0.1, 0.15) is 30.9 Å². The molecule has 22 heavy (non-hydrogen) atoms. The van der Waals surface area contributed by atoms with Crippen LogP contribution in [0, 0.1) is 6.92 Å². The number of nitrogens with zero attached hydrogens (tertiary/aromatic N) is 2. The first kappa shape index (κ1) is 18.7. The highest BCUT2D eigenvalue weighted by Crippen LogP contribution is 2.07. The van der Waals surface area contributed by atoms with Gasteiger partial charge in [0, 0.05) is 39.1 Å². The summed E-state index contributed by atoms with van der Waals surface area (Å²) in [4.78, 5) is 16.2. The zero-order chi connectivity index (χ0) is 15.1. The van der Waals surface area contributed by atoms with Gasteiger partial charge >= 0.3 is 0 Å². The van der Waals surface area contributed by atoms with Crippen LogP contribution in [0.25, 0.3) is 6.08 Å². The molecule has 3 nitrogen and oxygen atoms in total. The zero-order valence-electron chi connectivity index (χ0n) is 13.6. The normalized spacial score (nSPS) is 15.8. The molecular formula is C18H27ClN2O. The third-order valence-electron chi connectivity index (χ3n) is 3.94. The van der Waals surface area contributed by atoms with Crippen molar-refractivity contribution in [1.29, 1.82) is 0 Å². The molecule has 1 amide bonds. The fraction of sp³-hybridized carbons (Fsp3) is 0.500. The van der Waals surface area contributed by atoms with Gasteiger partial charge in [-0.3, -0.25) is 9.69 Å². The monoisotopic (exact) mass is 322 g/mol. The van der Waals surface area contributed by atoms with Crippen LogP contribution in [-0.2, 0) is 4.79 Å². The molecule has 0 aliphatic carbocycles. The molecule has 1 saturated heterocycles. The lowest BCUT2D eigenvalue weighted by atomic mass is 10.1. The van der Waals surface area contributed by atoms with Crippen LogP contribution in [0.15, 0.2) is 30.3 Å². The number of benzene rings is 1. The van der Waals surface area contributed by atoms with E-state index in [2.05, 4.69) is 55.2 Å². The Kier molecular flexibility index (Phi) is 8.21. The summed E-state index contributed by atoms with van der Waals surface area (Å²) in [5.74, 6) is 0.312. The molecule has 0 unspecified atom stereocenters. The van der Waals surface area contributed by atoms with Gasteiger partial charge in [0.25, 0.3) is 0 Å². The molecule has 4 heteroatoms. The lowest BCUT2D eigenvalue weighted by Gasteiger charge is -2.34. The Morgan fingerprint density at radius 2 is 1.77 bits per heavy atom. The molecule has 1 aromatic carbocycles. The molecule has 1 fully saturated rings. The summed E-state index contributed by atoms with van der Waals surface area (Å²) in [6, 6.07) is 8.57. The second-order valence-corrected chi connectivity index (χ2v) is 5.74. The van der Waals surface area contributed by atoms with Gasteiger partial charge in [-0.1, -0.05) is 48.9 Å². The Bertz CT molecular complexity index is 476. The predicted octanol–water partition coefficient (Wildman–Crippen LogP) is 3.37. The van der Waals surface area contributed by atoms with E-state index in [1.54, 1.807) is 0 Å². The lowest BCUT2D eigenvalue weighted by Crippen LogP contribution is -2.48. The van der Waals surface area contributed by atoms with Gasteiger partial charge in [0.05, 0.1) is 0 Å². The molecule has 1 aliphatic rings. The van der Waals surface area contributed by atoms with Crippen molar-refractivity contribution in [2.24, 2.45) is 0 Å². The molecule has 0 spiro atoms. The number of piperazine rings is 1. The van der Waals surface area contributed by atoms with Gasteiger partial charge < -0.3 is 4.90 Å². The molecule has 122 valence electrons. The van der Waals surface area contributed by atoms with Crippen molar-refractivity contribution in [2.45, 2.75) is 26.7 Å². The maximum Gasteiger partial charge on any atom is 0.222 e. The molecule has 0 atom stereocenters. The standard InChI is InChI=1S/C18H26N2O.ClH/c1-3-5-18(21)20-14-12-19(13-15-20)11-4-6-17-9-7-16(2)8-10-17;/h4,6-10H,3,5,11-15H2,1-2H3;1H. The average Bonchev–Trinajstić information content (AvgIpc) is 2.50. The van der Waals surface area contributed by atoms with Crippen molar-refractivity contribution in [1.82, 2.24) is 9.80 Å². The minimum Gasteiger partial charge on any atom is -0.340 e. The molecule has 0 bridgehead atoms. The van der Waals surface area contributed by atoms with Crippen molar-refractivity contribution < 1.29 is 4.79 Å². The van der Waals surface area contributed by atoms with Crippen LogP contribution in [0.4, 0.5) is 0 Å². The number of rotatable bonds is 5. The maximum absolute atomic E-state index is 11.8. The summed E-state index contributed by atoms with van der Waals surface area (Å²) in [6.45, 7) is 8.83. The highest BCUT2D eigenvalue weighted by Gasteiger charge is 2.19. The SMILES string of the molecule is CCCC(=O)N1CCN(CC=Cc2ccc(C)cc2)CC1.Cl. The summed E-state index contributed by atoms with van der Waals surface area (Å²) in [6.07, 6.45) is 6.02. The third kappa shape index (κ3) is 5.82.